The second-order valence-corrected chi connectivity index (χ2v) is 5.01. The van der Waals surface area contributed by atoms with Crippen molar-refractivity contribution in [3.8, 4) is 0 Å². The van der Waals surface area contributed by atoms with Crippen molar-refractivity contribution in [1.29, 1.82) is 0 Å². The van der Waals surface area contributed by atoms with Crippen molar-refractivity contribution in [2.45, 2.75) is 25.5 Å². The fourth-order valence-corrected chi connectivity index (χ4v) is 2.21. The first kappa shape index (κ1) is 15.3. The molecule has 0 aliphatic carbocycles. The van der Waals surface area contributed by atoms with Crippen LogP contribution in [-0.4, -0.2) is 38.2 Å². The number of carbonyl (C=O) groups excluding carboxylic acids is 1. The zero-order valence-corrected chi connectivity index (χ0v) is 12.3. The van der Waals surface area contributed by atoms with Crippen molar-refractivity contribution >= 4 is 11.9 Å². The van der Waals surface area contributed by atoms with Gasteiger partial charge in [0.1, 0.15) is 0 Å². The number of amides is 1. The average molecular weight is 290 g/mol. The highest BCUT2D eigenvalue weighted by Gasteiger charge is 2.16. The lowest BCUT2D eigenvalue weighted by atomic mass is 10.1. The predicted molar refractivity (Wildman–Crippen MR) is 82.1 cm³/mol. The maximum absolute atomic E-state index is 12.1. The van der Waals surface area contributed by atoms with Crippen LogP contribution in [0.25, 0.3) is 0 Å². The third kappa shape index (κ3) is 4.75. The smallest absolute Gasteiger partial charge is 0.251 e. The summed E-state index contributed by atoms with van der Waals surface area (Å²) in [6.45, 7) is 1.90. The van der Waals surface area contributed by atoms with Gasteiger partial charge in [0.25, 0.3) is 5.91 Å². The number of hydrogen-bond acceptors (Lipinski definition) is 3. The molecule has 1 aromatic carbocycles. The summed E-state index contributed by atoms with van der Waals surface area (Å²) in [6, 6.07) is 7.44. The summed E-state index contributed by atoms with van der Waals surface area (Å²) >= 11 is 0. The lowest BCUT2D eigenvalue weighted by Gasteiger charge is -2.11. The normalized spacial score (nSPS) is 18.5. The molecule has 1 aromatic rings. The Balaban J connectivity index is 1.88. The molecule has 1 saturated heterocycles. The molecule has 6 nitrogen and oxygen atoms in total. The first-order valence-electron chi connectivity index (χ1n) is 7.14. The minimum atomic E-state index is -0.0792. The van der Waals surface area contributed by atoms with E-state index in [1.165, 1.54) is 0 Å². The minimum absolute atomic E-state index is 0.0792. The van der Waals surface area contributed by atoms with E-state index in [1.54, 1.807) is 13.1 Å². The van der Waals surface area contributed by atoms with E-state index in [2.05, 4.69) is 15.6 Å². The highest BCUT2D eigenvalue weighted by molar-refractivity contribution is 5.94. The van der Waals surface area contributed by atoms with Crippen LogP contribution in [0.5, 0.6) is 0 Å². The molecule has 1 atom stereocenters. The van der Waals surface area contributed by atoms with E-state index < -0.39 is 0 Å². The molecule has 6 heteroatoms. The number of ether oxygens (including phenoxy) is 1. The minimum Gasteiger partial charge on any atom is -0.376 e. The van der Waals surface area contributed by atoms with Crippen LogP contribution in [0.3, 0.4) is 0 Å². The lowest BCUT2D eigenvalue weighted by molar-refractivity contribution is 0.0857. The van der Waals surface area contributed by atoms with Gasteiger partial charge in [-0.3, -0.25) is 9.79 Å². The van der Waals surface area contributed by atoms with E-state index in [4.69, 9.17) is 10.5 Å². The Morgan fingerprint density at radius 3 is 3.05 bits per heavy atom. The maximum Gasteiger partial charge on any atom is 0.251 e. The van der Waals surface area contributed by atoms with Gasteiger partial charge in [-0.2, -0.15) is 0 Å². The standard InChI is InChI=1S/C15H22N4O2/c1-17-15(16)19-9-11-4-2-5-12(8-11)14(20)18-10-13-6-3-7-21-13/h2,4-5,8,13H,3,6-7,9-10H2,1H3,(H,18,20)(H3,16,17,19). The Morgan fingerprint density at radius 1 is 1.48 bits per heavy atom. The number of hydrogen-bond donors (Lipinski definition) is 3. The summed E-state index contributed by atoms with van der Waals surface area (Å²) in [5.41, 5.74) is 7.20. The largest absolute Gasteiger partial charge is 0.376 e. The summed E-state index contributed by atoms with van der Waals surface area (Å²) < 4.78 is 5.49. The van der Waals surface area contributed by atoms with Gasteiger partial charge in [0.15, 0.2) is 5.96 Å². The molecule has 21 heavy (non-hydrogen) atoms. The second kappa shape index (κ2) is 7.64. The molecule has 4 N–H and O–H groups in total. The number of nitrogens with two attached hydrogens (primary N) is 1. The molecule has 0 bridgehead atoms. The molecular formula is C15H22N4O2. The van der Waals surface area contributed by atoms with Crippen molar-refractivity contribution in [1.82, 2.24) is 10.6 Å². The van der Waals surface area contributed by atoms with Crippen LogP contribution in [0.4, 0.5) is 0 Å². The van der Waals surface area contributed by atoms with Gasteiger partial charge in [0.05, 0.1) is 6.10 Å². The first-order chi connectivity index (χ1) is 10.2. The fourth-order valence-electron chi connectivity index (χ4n) is 2.21. The molecule has 114 valence electrons. The lowest BCUT2D eigenvalue weighted by Crippen LogP contribution is -2.32. The Kier molecular flexibility index (Phi) is 5.57. The van der Waals surface area contributed by atoms with Crippen molar-refractivity contribution in [2.24, 2.45) is 10.7 Å². The van der Waals surface area contributed by atoms with Crippen molar-refractivity contribution in [2.75, 3.05) is 20.2 Å². The Labute approximate surface area is 124 Å². The number of aliphatic imine (C=N–C) groups is 1. The Morgan fingerprint density at radius 2 is 2.33 bits per heavy atom. The third-order valence-electron chi connectivity index (χ3n) is 3.42. The summed E-state index contributed by atoms with van der Waals surface area (Å²) in [7, 11) is 1.62. The van der Waals surface area contributed by atoms with Crippen LogP contribution < -0.4 is 16.4 Å². The van der Waals surface area contributed by atoms with Gasteiger partial charge in [-0.15, -0.1) is 0 Å². The quantitative estimate of drug-likeness (QED) is 0.548. The zero-order chi connectivity index (χ0) is 15.1. The van der Waals surface area contributed by atoms with Crippen LogP contribution in [0.1, 0.15) is 28.8 Å². The van der Waals surface area contributed by atoms with E-state index in [0.29, 0.717) is 24.6 Å². The molecule has 0 aromatic heterocycles. The highest BCUT2D eigenvalue weighted by Crippen LogP contribution is 2.11. The molecule has 0 saturated carbocycles. The SMILES string of the molecule is CN=C(N)NCc1cccc(C(=O)NCC2CCCO2)c1. The van der Waals surface area contributed by atoms with E-state index in [-0.39, 0.29) is 12.0 Å². The Hall–Kier alpha value is -2.08. The number of nitrogens with one attached hydrogen (secondary N) is 2. The van der Waals surface area contributed by atoms with Gasteiger partial charge in [-0.05, 0) is 30.5 Å². The molecule has 1 heterocycles. The summed E-state index contributed by atoms with van der Waals surface area (Å²) in [5, 5.41) is 5.88. The second-order valence-electron chi connectivity index (χ2n) is 5.01. The van der Waals surface area contributed by atoms with Crippen LogP contribution in [0.2, 0.25) is 0 Å². The van der Waals surface area contributed by atoms with E-state index in [1.807, 2.05) is 18.2 Å². The van der Waals surface area contributed by atoms with Crippen molar-refractivity contribution < 1.29 is 9.53 Å². The maximum atomic E-state index is 12.1. The third-order valence-corrected chi connectivity index (χ3v) is 3.42. The highest BCUT2D eigenvalue weighted by atomic mass is 16.5. The van der Waals surface area contributed by atoms with E-state index >= 15 is 0 Å². The first-order valence-corrected chi connectivity index (χ1v) is 7.14. The van der Waals surface area contributed by atoms with Gasteiger partial charge in [0, 0.05) is 32.3 Å². The summed E-state index contributed by atoms with van der Waals surface area (Å²) in [5.74, 6) is 0.299. The zero-order valence-electron chi connectivity index (χ0n) is 12.3. The molecule has 1 amide bonds. The van der Waals surface area contributed by atoms with Crippen LogP contribution in [0.15, 0.2) is 29.3 Å². The molecule has 0 spiro atoms. The molecule has 1 aliphatic rings. The van der Waals surface area contributed by atoms with Crippen molar-refractivity contribution in [3.63, 3.8) is 0 Å². The molecule has 1 fully saturated rings. The van der Waals surface area contributed by atoms with Crippen LogP contribution >= 0.6 is 0 Å². The molecule has 0 radical (unpaired) electrons. The number of nitrogens with zero attached hydrogens (tertiary/aromatic N) is 1. The predicted octanol–water partition coefficient (Wildman–Crippen LogP) is 0.630. The van der Waals surface area contributed by atoms with Gasteiger partial charge in [-0.1, -0.05) is 12.1 Å². The Bertz CT molecular complexity index is 510. The number of carbonyl (C=O) groups is 1. The van der Waals surface area contributed by atoms with E-state index in [0.717, 1.165) is 25.0 Å². The average Bonchev–Trinajstić information content (AvgIpc) is 3.04. The summed E-state index contributed by atoms with van der Waals surface area (Å²) in [6.07, 6.45) is 2.24. The molecule has 2 rings (SSSR count). The fraction of sp³-hybridized carbons (Fsp3) is 0.467. The van der Waals surface area contributed by atoms with Gasteiger partial charge >= 0.3 is 0 Å². The number of guanidine groups is 1. The van der Waals surface area contributed by atoms with Crippen LogP contribution in [-0.2, 0) is 11.3 Å². The molecule has 1 unspecified atom stereocenters. The molecular weight excluding hydrogens is 268 g/mol. The van der Waals surface area contributed by atoms with E-state index in [9.17, 15) is 4.79 Å². The number of rotatable bonds is 5. The van der Waals surface area contributed by atoms with Gasteiger partial charge in [0.2, 0.25) is 0 Å². The topological polar surface area (TPSA) is 88.7 Å². The van der Waals surface area contributed by atoms with Gasteiger partial charge < -0.3 is 21.1 Å². The molecule has 1 aliphatic heterocycles. The van der Waals surface area contributed by atoms with Gasteiger partial charge in [-0.25, -0.2) is 0 Å². The van der Waals surface area contributed by atoms with Crippen molar-refractivity contribution in [3.05, 3.63) is 35.4 Å². The summed E-state index contributed by atoms with van der Waals surface area (Å²) in [4.78, 5) is 15.9. The van der Waals surface area contributed by atoms with Crippen LogP contribution in [0, 0.1) is 0 Å². The monoisotopic (exact) mass is 290 g/mol. The number of benzene rings is 1.